The quantitative estimate of drug-likeness (QED) is 0.408. The molecule has 0 aromatic rings. The smallest absolute Gasteiger partial charge is 0.258 e. The Morgan fingerprint density at radius 3 is 3.00 bits per heavy atom. The number of carbonyl (C=O) groups is 1. The maximum absolute atomic E-state index is 11.0. The fourth-order valence-electron chi connectivity index (χ4n) is 0.951. The fourth-order valence-corrected chi connectivity index (χ4v) is 1.09. The summed E-state index contributed by atoms with van der Waals surface area (Å²) in [7, 11) is 1.78. The van der Waals surface area contributed by atoms with Crippen molar-refractivity contribution < 1.29 is 4.79 Å². The molecule has 6 heteroatoms. The van der Waals surface area contributed by atoms with Crippen LogP contribution in [0.1, 0.15) is 0 Å². The summed E-state index contributed by atoms with van der Waals surface area (Å²) in [5.74, 6) is -0.0969. The second-order valence-electron chi connectivity index (χ2n) is 2.42. The van der Waals surface area contributed by atoms with E-state index in [1.165, 1.54) is 0 Å². The van der Waals surface area contributed by atoms with Crippen LogP contribution in [0.3, 0.4) is 0 Å². The molecule has 1 heterocycles. The highest BCUT2D eigenvalue weighted by Gasteiger charge is 2.27. The molecule has 1 amide bonds. The molecule has 0 bridgehead atoms. The van der Waals surface area contributed by atoms with Crippen molar-refractivity contribution in [2.24, 2.45) is 5.73 Å². The van der Waals surface area contributed by atoms with Crippen LogP contribution in [0.15, 0.2) is 0 Å². The molecule has 62 valence electrons. The van der Waals surface area contributed by atoms with Crippen molar-refractivity contribution >= 4 is 23.2 Å². The van der Waals surface area contributed by atoms with Crippen LogP contribution in [0, 0.1) is 0 Å². The first-order valence-electron chi connectivity index (χ1n) is 3.17. The standard InChI is InChI=1S/C5H10N4OS/c1-9-2-3(4(10)8-9)7-5(6)11/h3H,2H2,1H3,(H,8,10)(H3,6,7,11). The number of hydrogen-bond donors (Lipinski definition) is 3. The molecule has 1 aliphatic heterocycles. The summed E-state index contributed by atoms with van der Waals surface area (Å²) in [6, 6.07) is -0.308. The SMILES string of the molecule is CN1CC(NC(N)=S)C(=O)N1. The Kier molecular flexibility index (Phi) is 2.25. The van der Waals surface area contributed by atoms with Gasteiger partial charge in [-0.15, -0.1) is 0 Å². The van der Waals surface area contributed by atoms with Gasteiger partial charge in [0.15, 0.2) is 5.11 Å². The largest absolute Gasteiger partial charge is 0.376 e. The molecule has 1 unspecified atom stereocenters. The van der Waals surface area contributed by atoms with Crippen LogP contribution >= 0.6 is 12.2 Å². The number of nitrogens with zero attached hydrogens (tertiary/aromatic N) is 1. The minimum atomic E-state index is -0.308. The molecular weight excluding hydrogens is 164 g/mol. The zero-order chi connectivity index (χ0) is 8.43. The van der Waals surface area contributed by atoms with Gasteiger partial charge in [0, 0.05) is 13.6 Å². The van der Waals surface area contributed by atoms with Gasteiger partial charge in [-0.1, -0.05) is 0 Å². The average Bonchev–Trinajstić information content (AvgIpc) is 2.09. The number of thiocarbonyl (C=S) groups is 1. The van der Waals surface area contributed by atoms with Gasteiger partial charge in [-0.3, -0.25) is 10.2 Å². The Labute approximate surface area is 69.9 Å². The zero-order valence-corrected chi connectivity index (χ0v) is 6.94. The monoisotopic (exact) mass is 174 g/mol. The zero-order valence-electron chi connectivity index (χ0n) is 6.13. The van der Waals surface area contributed by atoms with E-state index in [4.69, 9.17) is 5.73 Å². The van der Waals surface area contributed by atoms with Crippen LogP contribution in [0.5, 0.6) is 0 Å². The highest BCUT2D eigenvalue weighted by atomic mass is 32.1. The Morgan fingerprint density at radius 2 is 2.64 bits per heavy atom. The summed E-state index contributed by atoms with van der Waals surface area (Å²) in [5, 5.41) is 4.51. The van der Waals surface area contributed by atoms with Crippen molar-refractivity contribution in [3.05, 3.63) is 0 Å². The number of likely N-dealkylation sites (N-methyl/N-ethyl adjacent to an activating group) is 1. The number of nitrogens with one attached hydrogen (secondary N) is 2. The van der Waals surface area contributed by atoms with E-state index in [1.54, 1.807) is 12.1 Å². The van der Waals surface area contributed by atoms with E-state index in [1.807, 2.05) is 0 Å². The Balaban J connectivity index is 2.47. The van der Waals surface area contributed by atoms with Crippen LogP contribution in [-0.2, 0) is 4.79 Å². The highest BCUT2D eigenvalue weighted by Crippen LogP contribution is 1.95. The van der Waals surface area contributed by atoms with Crippen LogP contribution in [0.4, 0.5) is 0 Å². The lowest BCUT2D eigenvalue weighted by atomic mass is 10.3. The fraction of sp³-hybridized carbons (Fsp3) is 0.600. The van der Waals surface area contributed by atoms with Gasteiger partial charge >= 0.3 is 0 Å². The van der Waals surface area contributed by atoms with Crippen molar-refractivity contribution in [2.45, 2.75) is 6.04 Å². The van der Waals surface area contributed by atoms with Gasteiger partial charge in [-0.2, -0.15) is 0 Å². The number of nitrogens with two attached hydrogens (primary N) is 1. The molecule has 1 aliphatic rings. The van der Waals surface area contributed by atoms with Gasteiger partial charge < -0.3 is 11.1 Å². The molecule has 0 aromatic heterocycles. The summed E-state index contributed by atoms with van der Waals surface area (Å²) < 4.78 is 0. The number of rotatable bonds is 1. The van der Waals surface area contributed by atoms with Crippen LogP contribution in [0.2, 0.25) is 0 Å². The molecule has 1 atom stereocenters. The van der Waals surface area contributed by atoms with Crippen LogP contribution in [-0.4, -0.2) is 35.7 Å². The van der Waals surface area contributed by atoms with E-state index in [-0.39, 0.29) is 17.1 Å². The Morgan fingerprint density at radius 1 is 2.00 bits per heavy atom. The molecule has 5 nitrogen and oxygen atoms in total. The first-order valence-corrected chi connectivity index (χ1v) is 3.58. The third-order valence-electron chi connectivity index (χ3n) is 1.39. The minimum Gasteiger partial charge on any atom is -0.376 e. The topological polar surface area (TPSA) is 70.4 Å². The molecule has 1 fully saturated rings. The van der Waals surface area contributed by atoms with Crippen molar-refractivity contribution in [3.8, 4) is 0 Å². The van der Waals surface area contributed by atoms with Crippen molar-refractivity contribution in [1.82, 2.24) is 15.8 Å². The normalized spacial score (nSPS) is 24.8. The first kappa shape index (κ1) is 8.22. The Bertz CT molecular complexity index is 195. The van der Waals surface area contributed by atoms with Crippen molar-refractivity contribution in [1.29, 1.82) is 0 Å². The molecule has 0 spiro atoms. The Hall–Kier alpha value is -0.880. The lowest BCUT2D eigenvalue weighted by Crippen LogP contribution is -2.44. The van der Waals surface area contributed by atoms with Crippen LogP contribution < -0.4 is 16.5 Å². The molecule has 0 aliphatic carbocycles. The van der Waals surface area contributed by atoms with E-state index in [0.29, 0.717) is 6.54 Å². The van der Waals surface area contributed by atoms with E-state index >= 15 is 0 Å². The highest BCUT2D eigenvalue weighted by molar-refractivity contribution is 7.80. The number of amides is 1. The predicted molar refractivity (Wildman–Crippen MR) is 44.5 cm³/mol. The van der Waals surface area contributed by atoms with Crippen molar-refractivity contribution in [2.75, 3.05) is 13.6 Å². The van der Waals surface area contributed by atoms with E-state index in [9.17, 15) is 4.79 Å². The van der Waals surface area contributed by atoms with Gasteiger partial charge in [0.25, 0.3) is 5.91 Å². The van der Waals surface area contributed by atoms with Gasteiger partial charge in [-0.25, -0.2) is 5.01 Å². The van der Waals surface area contributed by atoms with Crippen molar-refractivity contribution in [3.63, 3.8) is 0 Å². The van der Waals surface area contributed by atoms with Gasteiger partial charge in [0.2, 0.25) is 0 Å². The minimum absolute atomic E-state index is 0.0969. The van der Waals surface area contributed by atoms with E-state index in [0.717, 1.165) is 0 Å². The first-order chi connectivity index (χ1) is 5.09. The maximum Gasteiger partial charge on any atom is 0.258 e. The number of hydrazine groups is 1. The van der Waals surface area contributed by atoms with Gasteiger partial charge in [0.1, 0.15) is 6.04 Å². The molecular formula is C5H10N4OS. The molecule has 0 aromatic carbocycles. The summed E-state index contributed by atoms with van der Waals surface area (Å²) >= 11 is 4.59. The second-order valence-corrected chi connectivity index (χ2v) is 2.86. The summed E-state index contributed by atoms with van der Waals surface area (Å²) in [6.45, 7) is 0.580. The molecule has 1 rings (SSSR count). The lowest BCUT2D eigenvalue weighted by Gasteiger charge is -2.07. The molecule has 4 N–H and O–H groups in total. The second kappa shape index (κ2) is 3.02. The van der Waals surface area contributed by atoms with Crippen LogP contribution in [0.25, 0.3) is 0 Å². The van der Waals surface area contributed by atoms with E-state index in [2.05, 4.69) is 23.0 Å². The molecule has 11 heavy (non-hydrogen) atoms. The molecule has 0 saturated carbocycles. The predicted octanol–water partition coefficient (Wildman–Crippen LogP) is -1.84. The van der Waals surface area contributed by atoms with E-state index < -0.39 is 0 Å². The van der Waals surface area contributed by atoms with Gasteiger partial charge in [-0.05, 0) is 12.2 Å². The number of hydrogen-bond acceptors (Lipinski definition) is 3. The summed E-state index contributed by atoms with van der Waals surface area (Å²) in [4.78, 5) is 11.0. The number of carbonyl (C=O) groups excluding carboxylic acids is 1. The maximum atomic E-state index is 11.0. The molecule has 0 radical (unpaired) electrons. The third-order valence-corrected chi connectivity index (χ3v) is 1.51. The average molecular weight is 174 g/mol. The molecule has 1 saturated heterocycles. The summed E-state index contributed by atoms with van der Waals surface area (Å²) in [6.07, 6.45) is 0. The third kappa shape index (κ3) is 2.02. The lowest BCUT2D eigenvalue weighted by molar-refractivity contribution is -0.121. The summed E-state index contributed by atoms with van der Waals surface area (Å²) in [5.41, 5.74) is 7.79. The van der Waals surface area contributed by atoms with Gasteiger partial charge in [0.05, 0.1) is 0 Å².